The Morgan fingerprint density at radius 3 is 2.00 bits per heavy atom. The van der Waals surface area contributed by atoms with Gasteiger partial charge in [-0.2, -0.15) is 0 Å². The van der Waals surface area contributed by atoms with E-state index in [1.54, 1.807) is 72.8 Å². The molecular weight excluding hydrogens is 522 g/mol. The Labute approximate surface area is 230 Å². The van der Waals surface area contributed by atoms with Crippen molar-refractivity contribution >= 4 is 39.1 Å². The van der Waals surface area contributed by atoms with Crippen LogP contribution in [0.2, 0.25) is 5.02 Å². The summed E-state index contributed by atoms with van der Waals surface area (Å²) in [5.41, 5.74) is 0.479. The van der Waals surface area contributed by atoms with Crippen LogP contribution in [0.5, 0.6) is 0 Å². The molecule has 0 aliphatic rings. The molecule has 7 nitrogen and oxygen atoms in total. The number of halogens is 1. The zero-order valence-corrected chi connectivity index (χ0v) is 23.7. The lowest BCUT2D eigenvalue weighted by Gasteiger charge is -2.35. The van der Waals surface area contributed by atoms with Crippen molar-refractivity contribution in [1.29, 1.82) is 0 Å². The molecule has 0 unspecified atom stereocenters. The first kappa shape index (κ1) is 29.2. The fourth-order valence-corrected chi connectivity index (χ4v) is 5.66. The molecule has 1 N–H and O–H groups in total. The molecule has 0 spiro atoms. The maximum atomic E-state index is 14.0. The lowest BCUT2D eigenvalue weighted by Crippen LogP contribution is -2.55. The Balaban J connectivity index is 2.05. The molecule has 0 saturated carbocycles. The summed E-state index contributed by atoms with van der Waals surface area (Å²) in [6.07, 6.45) is 0.328. The number of carbonyl (C=O) groups excluding carboxylic acids is 2. The van der Waals surface area contributed by atoms with Crippen LogP contribution in [0.25, 0.3) is 0 Å². The van der Waals surface area contributed by atoms with Gasteiger partial charge in [-0.3, -0.25) is 13.9 Å². The first-order valence-corrected chi connectivity index (χ1v) is 14.2. The van der Waals surface area contributed by atoms with E-state index in [2.05, 4.69) is 5.32 Å². The van der Waals surface area contributed by atoms with Crippen LogP contribution in [0.4, 0.5) is 5.69 Å². The van der Waals surface area contributed by atoms with Gasteiger partial charge in [0.1, 0.15) is 12.6 Å². The molecule has 202 valence electrons. The highest BCUT2D eigenvalue weighted by Crippen LogP contribution is 2.25. The molecule has 0 fully saturated rings. The highest BCUT2D eigenvalue weighted by atomic mass is 35.5. The van der Waals surface area contributed by atoms with Gasteiger partial charge in [0, 0.05) is 17.1 Å². The number of benzene rings is 3. The number of nitrogens with one attached hydrogen (secondary N) is 1. The summed E-state index contributed by atoms with van der Waals surface area (Å²) in [7, 11) is -4.09. The number of hydrogen-bond acceptors (Lipinski definition) is 4. The highest BCUT2D eigenvalue weighted by Gasteiger charge is 2.34. The fraction of sp³-hybridized carbons (Fsp3) is 0.310. The van der Waals surface area contributed by atoms with Crippen molar-refractivity contribution in [3.63, 3.8) is 0 Å². The number of carbonyl (C=O) groups is 2. The number of rotatable bonds is 10. The average molecular weight is 556 g/mol. The Bertz CT molecular complexity index is 1340. The monoisotopic (exact) mass is 555 g/mol. The van der Waals surface area contributed by atoms with Gasteiger partial charge in [0.15, 0.2) is 0 Å². The number of sulfonamides is 1. The van der Waals surface area contributed by atoms with Crippen LogP contribution in [0.3, 0.4) is 0 Å². The second-order valence-corrected chi connectivity index (χ2v) is 12.2. The third kappa shape index (κ3) is 7.36. The highest BCUT2D eigenvalue weighted by molar-refractivity contribution is 7.92. The predicted octanol–water partition coefficient (Wildman–Crippen LogP) is 5.26. The zero-order valence-electron chi connectivity index (χ0n) is 22.1. The number of anilines is 1. The quantitative estimate of drug-likeness (QED) is 0.370. The van der Waals surface area contributed by atoms with E-state index in [0.717, 1.165) is 4.31 Å². The fourth-order valence-electron chi connectivity index (χ4n) is 4.03. The summed E-state index contributed by atoms with van der Waals surface area (Å²) in [6.45, 7) is 6.95. The second-order valence-electron chi connectivity index (χ2n) is 9.94. The molecule has 2 amide bonds. The summed E-state index contributed by atoms with van der Waals surface area (Å²) >= 11 is 6.42. The molecule has 1 atom stereocenters. The van der Waals surface area contributed by atoms with E-state index in [0.29, 0.717) is 22.7 Å². The van der Waals surface area contributed by atoms with Gasteiger partial charge in [-0.1, -0.05) is 73.1 Å². The van der Waals surface area contributed by atoms with E-state index in [1.807, 2.05) is 27.7 Å². The van der Waals surface area contributed by atoms with Gasteiger partial charge in [0.2, 0.25) is 11.8 Å². The second kappa shape index (κ2) is 12.5. The van der Waals surface area contributed by atoms with Crippen molar-refractivity contribution in [2.24, 2.45) is 0 Å². The van der Waals surface area contributed by atoms with Gasteiger partial charge in [-0.15, -0.1) is 0 Å². The summed E-state index contributed by atoms with van der Waals surface area (Å²) in [5.74, 6) is -0.846. The molecular formula is C29H34ClN3O4S. The molecule has 0 aliphatic heterocycles. The van der Waals surface area contributed by atoms with Crippen LogP contribution in [0.1, 0.15) is 39.7 Å². The van der Waals surface area contributed by atoms with E-state index >= 15 is 0 Å². The summed E-state index contributed by atoms with van der Waals surface area (Å²) in [4.78, 5) is 28.8. The van der Waals surface area contributed by atoms with Gasteiger partial charge in [0.05, 0.1) is 10.6 Å². The molecule has 0 heterocycles. The molecule has 3 aromatic carbocycles. The molecule has 0 saturated heterocycles. The Morgan fingerprint density at radius 1 is 0.895 bits per heavy atom. The predicted molar refractivity (Wildman–Crippen MR) is 151 cm³/mol. The van der Waals surface area contributed by atoms with Gasteiger partial charge in [-0.05, 0) is 63.1 Å². The molecule has 0 radical (unpaired) electrons. The molecule has 3 aromatic rings. The first-order chi connectivity index (χ1) is 17.9. The summed E-state index contributed by atoms with van der Waals surface area (Å²) < 4.78 is 28.5. The van der Waals surface area contributed by atoms with Crippen molar-refractivity contribution < 1.29 is 18.0 Å². The summed E-state index contributed by atoms with van der Waals surface area (Å²) in [5, 5.41) is 3.40. The van der Waals surface area contributed by atoms with Crippen molar-refractivity contribution in [2.45, 2.75) is 57.1 Å². The van der Waals surface area contributed by atoms with Crippen molar-refractivity contribution in [1.82, 2.24) is 10.2 Å². The number of hydrogen-bond donors (Lipinski definition) is 1. The van der Waals surface area contributed by atoms with Crippen molar-refractivity contribution in [3.8, 4) is 0 Å². The van der Waals surface area contributed by atoms with Gasteiger partial charge in [-0.25, -0.2) is 8.42 Å². The number of amides is 2. The first-order valence-electron chi connectivity index (χ1n) is 12.4. The molecule has 0 aliphatic carbocycles. The third-order valence-electron chi connectivity index (χ3n) is 5.84. The minimum Gasteiger partial charge on any atom is -0.350 e. The van der Waals surface area contributed by atoms with Gasteiger partial charge in [0.25, 0.3) is 10.0 Å². The Kier molecular flexibility index (Phi) is 9.57. The minimum atomic E-state index is -4.09. The molecule has 3 rings (SSSR count). The van der Waals surface area contributed by atoms with Crippen LogP contribution in [0.15, 0.2) is 89.8 Å². The molecule has 38 heavy (non-hydrogen) atoms. The number of nitrogens with zero attached hydrogens (tertiary/aromatic N) is 2. The molecule has 0 bridgehead atoms. The Hall–Kier alpha value is -3.36. The van der Waals surface area contributed by atoms with E-state index in [1.165, 1.54) is 17.0 Å². The maximum Gasteiger partial charge on any atom is 0.264 e. The van der Waals surface area contributed by atoms with Crippen LogP contribution in [-0.4, -0.2) is 43.3 Å². The zero-order chi connectivity index (χ0) is 27.9. The van der Waals surface area contributed by atoms with E-state index in [-0.39, 0.29) is 17.3 Å². The molecule has 9 heteroatoms. The van der Waals surface area contributed by atoms with Crippen molar-refractivity contribution in [2.75, 3.05) is 10.8 Å². The van der Waals surface area contributed by atoms with E-state index in [9.17, 15) is 18.0 Å². The van der Waals surface area contributed by atoms with Crippen molar-refractivity contribution in [3.05, 3.63) is 95.5 Å². The smallest absolute Gasteiger partial charge is 0.264 e. The average Bonchev–Trinajstić information content (AvgIpc) is 2.88. The topological polar surface area (TPSA) is 86.8 Å². The van der Waals surface area contributed by atoms with E-state index in [4.69, 9.17) is 11.6 Å². The van der Waals surface area contributed by atoms with Gasteiger partial charge < -0.3 is 10.2 Å². The van der Waals surface area contributed by atoms with Crippen LogP contribution in [0, 0.1) is 0 Å². The van der Waals surface area contributed by atoms with Crippen LogP contribution in [-0.2, 0) is 26.2 Å². The minimum absolute atomic E-state index is 0.0442. The molecule has 0 aromatic heterocycles. The summed E-state index contributed by atoms with van der Waals surface area (Å²) in [6, 6.07) is 22.7. The van der Waals surface area contributed by atoms with Crippen LogP contribution < -0.4 is 9.62 Å². The standard InChI is InChI=1S/C29H34ClN3O4S/c1-5-26(28(35)31-29(2,3)4)32(20-22-14-12-13-19-25(22)30)27(34)21-33(23-15-8-6-9-16-23)38(36,37)24-17-10-7-11-18-24/h6-19,26H,5,20-21H2,1-4H3,(H,31,35)/t26-/m0/s1. The van der Waals surface area contributed by atoms with Crippen LogP contribution >= 0.6 is 11.6 Å². The lowest BCUT2D eigenvalue weighted by atomic mass is 10.1. The van der Waals surface area contributed by atoms with E-state index < -0.39 is 34.1 Å². The normalized spacial score (nSPS) is 12.4. The SMILES string of the molecule is CC[C@@H](C(=O)NC(C)(C)C)N(Cc1ccccc1Cl)C(=O)CN(c1ccccc1)S(=O)(=O)c1ccccc1. The third-order valence-corrected chi connectivity index (χ3v) is 7.99. The largest absolute Gasteiger partial charge is 0.350 e. The lowest BCUT2D eigenvalue weighted by molar-refractivity contribution is -0.141. The number of para-hydroxylation sites is 1. The Morgan fingerprint density at radius 2 is 1.45 bits per heavy atom. The maximum absolute atomic E-state index is 14.0. The van der Waals surface area contributed by atoms with Gasteiger partial charge >= 0.3 is 0 Å².